The molecule has 14 heavy (non-hydrogen) atoms. The molecule has 4 heteroatoms. The first-order chi connectivity index (χ1) is 6.20. The molecule has 1 aromatic rings. The van der Waals surface area contributed by atoms with Crippen molar-refractivity contribution in [3.05, 3.63) is 35.9 Å². The third kappa shape index (κ3) is 5.27. The number of benzene rings is 1. The number of hydrogen-bond acceptors (Lipinski definition) is 2. The van der Waals surface area contributed by atoms with Crippen LogP contribution >= 0.6 is 0 Å². The van der Waals surface area contributed by atoms with Crippen molar-refractivity contribution < 1.29 is 38.3 Å². The molecule has 0 N–H and O–H groups in total. The van der Waals surface area contributed by atoms with Crippen LogP contribution in [0.5, 0.6) is 0 Å². The van der Waals surface area contributed by atoms with Gasteiger partial charge in [-0.25, -0.2) is 0 Å². The van der Waals surface area contributed by atoms with E-state index >= 15 is 0 Å². The van der Waals surface area contributed by atoms with Crippen LogP contribution in [0.15, 0.2) is 30.3 Å². The molecular weight excluding hydrogens is 207 g/mol. The van der Waals surface area contributed by atoms with Crippen molar-refractivity contribution in [2.24, 2.45) is 0 Å². The number of aryl methyl sites for hydroxylation is 1. The molecule has 2 nitrogen and oxygen atoms in total. The van der Waals surface area contributed by atoms with Gasteiger partial charge in [-0.05, 0) is 18.4 Å². The standard InChI is InChI=1S/C10H14O2S.Na/c1-9(13(11)12)7-8-10-5-3-2-4-6-10;/h2-6,9H,7-8H2,1H3,(H,11,12);/q;+1/p-1/t9-;/m1./s1. The van der Waals surface area contributed by atoms with Gasteiger partial charge >= 0.3 is 29.6 Å². The van der Waals surface area contributed by atoms with E-state index in [2.05, 4.69) is 0 Å². The topological polar surface area (TPSA) is 40.1 Å². The predicted octanol–water partition coefficient (Wildman–Crippen LogP) is -1.11. The first-order valence-corrected chi connectivity index (χ1v) is 5.46. The van der Waals surface area contributed by atoms with Crippen LogP contribution in [0.25, 0.3) is 0 Å². The van der Waals surface area contributed by atoms with Gasteiger partial charge in [-0.2, -0.15) is 0 Å². The molecule has 1 aromatic carbocycles. The zero-order chi connectivity index (χ0) is 9.68. The molecule has 0 aliphatic rings. The SMILES string of the molecule is C[C@H](CCc1ccccc1)S(=O)[O-].[Na+]. The Labute approximate surface area is 110 Å². The van der Waals surface area contributed by atoms with E-state index in [1.807, 2.05) is 30.3 Å². The maximum atomic E-state index is 10.5. The summed E-state index contributed by atoms with van der Waals surface area (Å²) in [6, 6.07) is 9.92. The van der Waals surface area contributed by atoms with Gasteiger partial charge in [-0.3, -0.25) is 4.21 Å². The molecule has 0 aliphatic carbocycles. The second-order valence-corrected chi connectivity index (χ2v) is 4.42. The molecule has 1 rings (SSSR count). The van der Waals surface area contributed by atoms with Gasteiger partial charge in [0.15, 0.2) is 0 Å². The molecule has 0 fully saturated rings. The summed E-state index contributed by atoms with van der Waals surface area (Å²) in [5.74, 6) is 0. The first-order valence-electron chi connectivity index (χ1n) is 4.32. The number of rotatable bonds is 4. The van der Waals surface area contributed by atoms with Crippen molar-refractivity contribution in [3.8, 4) is 0 Å². The fourth-order valence-electron chi connectivity index (χ4n) is 1.11. The van der Waals surface area contributed by atoms with Crippen molar-refractivity contribution in [3.63, 3.8) is 0 Å². The summed E-state index contributed by atoms with van der Waals surface area (Å²) >= 11 is -1.93. The maximum absolute atomic E-state index is 10.5. The third-order valence-electron chi connectivity index (χ3n) is 2.01. The van der Waals surface area contributed by atoms with E-state index in [4.69, 9.17) is 0 Å². The van der Waals surface area contributed by atoms with Crippen LogP contribution in [0.4, 0.5) is 0 Å². The summed E-state index contributed by atoms with van der Waals surface area (Å²) in [6.07, 6.45) is 1.52. The molecule has 0 radical (unpaired) electrons. The Morgan fingerprint density at radius 1 is 1.36 bits per heavy atom. The first kappa shape index (κ1) is 14.3. The predicted molar refractivity (Wildman–Crippen MR) is 53.1 cm³/mol. The average molecular weight is 220 g/mol. The van der Waals surface area contributed by atoms with Crippen molar-refractivity contribution in [2.45, 2.75) is 25.0 Å². The van der Waals surface area contributed by atoms with Crippen LogP contribution in [-0.2, 0) is 17.5 Å². The van der Waals surface area contributed by atoms with E-state index < -0.39 is 11.1 Å². The Morgan fingerprint density at radius 2 is 1.93 bits per heavy atom. The average Bonchev–Trinajstić information content (AvgIpc) is 2.15. The molecule has 1 unspecified atom stereocenters. The van der Waals surface area contributed by atoms with Gasteiger partial charge in [0.2, 0.25) is 0 Å². The Balaban J connectivity index is 0.00000169. The minimum Gasteiger partial charge on any atom is -0.772 e. The number of hydrogen-bond donors (Lipinski definition) is 0. The quantitative estimate of drug-likeness (QED) is 0.477. The molecule has 0 saturated heterocycles. The van der Waals surface area contributed by atoms with Crippen molar-refractivity contribution in [1.82, 2.24) is 0 Å². The molecule has 0 saturated carbocycles. The molecule has 0 amide bonds. The minimum absolute atomic E-state index is 0. The Kier molecular flexibility index (Phi) is 7.78. The van der Waals surface area contributed by atoms with Crippen LogP contribution in [0.3, 0.4) is 0 Å². The summed E-state index contributed by atoms with van der Waals surface area (Å²) in [4.78, 5) is 0. The zero-order valence-corrected chi connectivity index (χ0v) is 11.4. The normalized spacial score (nSPS) is 14.1. The zero-order valence-electron chi connectivity index (χ0n) is 8.60. The van der Waals surface area contributed by atoms with Crippen molar-refractivity contribution in [1.29, 1.82) is 0 Å². The van der Waals surface area contributed by atoms with E-state index in [9.17, 15) is 8.76 Å². The molecule has 0 aliphatic heterocycles. The fraction of sp³-hybridized carbons (Fsp3) is 0.400. The van der Waals surface area contributed by atoms with Gasteiger partial charge in [0, 0.05) is 5.25 Å². The molecule has 0 spiro atoms. The van der Waals surface area contributed by atoms with Gasteiger partial charge in [-0.15, -0.1) is 0 Å². The monoisotopic (exact) mass is 220 g/mol. The summed E-state index contributed by atoms with van der Waals surface area (Å²) in [5, 5.41) is -0.250. The van der Waals surface area contributed by atoms with Crippen LogP contribution in [0.1, 0.15) is 18.9 Å². The molecule has 0 aromatic heterocycles. The second-order valence-electron chi connectivity index (χ2n) is 3.10. The molecule has 0 heterocycles. The third-order valence-corrected chi connectivity index (χ3v) is 2.90. The Hall–Kier alpha value is 0.330. The van der Waals surface area contributed by atoms with Gasteiger partial charge in [0.1, 0.15) is 0 Å². The Bertz CT molecular complexity index is 277. The van der Waals surface area contributed by atoms with Crippen molar-refractivity contribution >= 4 is 11.1 Å². The van der Waals surface area contributed by atoms with E-state index in [1.54, 1.807) is 6.92 Å². The Morgan fingerprint density at radius 3 is 2.43 bits per heavy atom. The van der Waals surface area contributed by atoms with Gasteiger partial charge in [0.25, 0.3) is 0 Å². The van der Waals surface area contributed by atoms with E-state index in [0.29, 0.717) is 6.42 Å². The van der Waals surface area contributed by atoms with E-state index in [0.717, 1.165) is 6.42 Å². The summed E-state index contributed by atoms with van der Waals surface area (Å²) in [5.41, 5.74) is 1.19. The van der Waals surface area contributed by atoms with Crippen molar-refractivity contribution in [2.75, 3.05) is 0 Å². The van der Waals surface area contributed by atoms with Gasteiger partial charge in [0.05, 0.1) is 0 Å². The van der Waals surface area contributed by atoms with E-state index in [-0.39, 0.29) is 34.8 Å². The van der Waals surface area contributed by atoms with Crippen LogP contribution in [0, 0.1) is 0 Å². The molecular formula is C10H13NaO2S. The van der Waals surface area contributed by atoms with Crippen LogP contribution in [-0.4, -0.2) is 14.0 Å². The summed E-state index contributed by atoms with van der Waals surface area (Å²) in [7, 11) is 0. The smallest absolute Gasteiger partial charge is 0.772 e. The van der Waals surface area contributed by atoms with E-state index in [1.165, 1.54) is 5.56 Å². The van der Waals surface area contributed by atoms with Gasteiger partial charge in [-0.1, -0.05) is 48.3 Å². The largest absolute Gasteiger partial charge is 1.00 e. The van der Waals surface area contributed by atoms with Gasteiger partial charge < -0.3 is 4.55 Å². The maximum Gasteiger partial charge on any atom is 1.00 e. The van der Waals surface area contributed by atoms with Crippen LogP contribution < -0.4 is 29.6 Å². The summed E-state index contributed by atoms with van der Waals surface area (Å²) in [6.45, 7) is 1.73. The summed E-state index contributed by atoms with van der Waals surface area (Å²) < 4.78 is 21.0. The molecule has 0 bridgehead atoms. The molecule has 72 valence electrons. The fourth-order valence-corrected chi connectivity index (χ4v) is 1.42. The van der Waals surface area contributed by atoms with Crippen LogP contribution in [0.2, 0.25) is 0 Å². The molecule has 2 atom stereocenters. The minimum atomic E-state index is -1.93. The second kappa shape index (κ2) is 7.60.